The van der Waals surface area contributed by atoms with Crippen LogP contribution in [-0.4, -0.2) is 256 Å². The Morgan fingerprint density at radius 1 is 0.702 bits per heavy atom. The number of methoxy groups -OCH3 is 1. The van der Waals surface area contributed by atoms with Crippen LogP contribution in [0.25, 0.3) is 0 Å². The standard InChI is InChI=1S/C77H118N14O23/c1-15-41(8)62-56(92)37-61(97)114-65(40(6)7)64(98)42(9)66(99)85-51(34-38(2)3)73(106)91-33-17-19-53(91)75(108)89(13)55(36-45-20-22-46(111-14)23-21-45)77(110)112-43(10)63(71(104)86-62)87-70(103)54(35-39(4)5)88(12)74(107)52-18-16-32-90(52)72(105)44(11)113-76(109)50(26-30-59(80)95)84-69(102)49(25-29-58(79)94)83-68(101)48(24-28-57(78)93)82-67(100)47-27-31-60(96)81-47/h20-23,38-44,47-56,62-63,65,92H,15-19,24-37H2,1-14H3,(H2,78,93)(H2,79,94)(H2,80,95)(H,81,96)(H,82,100)(H,83,101)(H,84,102)(H,85,99)(H,86,104)(H,87,103)/t41-,42-,43+,44-,47-,48-,49-,50-,51-,52-,53-,54+,55-,56-,62+,63-,65-/m0/s1. The molecule has 37 heteroatoms. The van der Waals surface area contributed by atoms with Crippen molar-refractivity contribution in [1.29, 1.82) is 0 Å². The fourth-order valence-electron chi connectivity index (χ4n) is 14.1. The lowest BCUT2D eigenvalue weighted by Crippen LogP contribution is -2.62. The number of nitrogens with zero attached hydrogens (tertiary/aromatic N) is 4. The molecule has 0 radical (unpaired) electrons. The summed E-state index contributed by atoms with van der Waals surface area (Å²) in [6, 6.07) is -9.61. The highest BCUT2D eigenvalue weighted by Crippen LogP contribution is 2.29. The van der Waals surface area contributed by atoms with E-state index in [2.05, 4.69) is 37.2 Å². The van der Waals surface area contributed by atoms with Gasteiger partial charge in [-0.25, -0.2) is 9.59 Å². The molecular formula is C77H118N14O23. The van der Waals surface area contributed by atoms with Crippen molar-refractivity contribution in [1.82, 2.24) is 56.8 Å². The van der Waals surface area contributed by atoms with Crippen molar-refractivity contribution in [3.8, 4) is 5.75 Å². The maximum atomic E-state index is 15.4. The molecule has 17 atom stereocenters. The van der Waals surface area contributed by atoms with Crippen molar-refractivity contribution in [2.75, 3.05) is 34.3 Å². The van der Waals surface area contributed by atoms with Crippen molar-refractivity contribution in [2.45, 2.75) is 276 Å². The number of esters is 3. The van der Waals surface area contributed by atoms with Gasteiger partial charge in [-0.05, 0) is 126 Å². The fourth-order valence-corrected chi connectivity index (χ4v) is 14.1. The van der Waals surface area contributed by atoms with Crippen LogP contribution >= 0.6 is 0 Å². The van der Waals surface area contributed by atoms with Gasteiger partial charge in [-0.2, -0.15) is 0 Å². The molecule has 4 aliphatic heterocycles. The van der Waals surface area contributed by atoms with E-state index in [1.807, 2.05) is 13.8 Å². The Kier molecular flexibility index (Phi) is 36.2. The second kappa shape index (κ2) is 43.8. The SMILES string of the molecule is CC[C@H](C)[C@H]1NC(=O)[C@@H](NC(=O)[C@@H](CC(C)C)N(C)C(=O)[C@@H]2CCCN2C(=O)[C@H](C)OC(=O)[C@H](CCC(N)=O)NC(=O)[C@H](CCC(N)=O)NC(=O)[C@H](CCC(N)=O)NC(=O)[C@@H]2CCC(=O)N2)[C@@H](C)OC(=O)[C@H](Cc2ccc(OC)cc2)N(C)C(=O)[C@@H]2CCCN2C(=O)[C@H](CC(C)C)NC(=O)[C@@H](C)C(=O)[C@H](C(C)C)OC(=O)C[C@@H]1O. The Morgan fingerprint density at radius 2 is 1.28 bits per heavy atom. The first-order chi connectivity index (χ1) is 53.5. The van der Waals surface area contributed by atoms with Gasteiger partial charge in [-0.3, -0.25) is 76.7 Å². The molecule has 0 aromatic heterocycles. The van der Waals surface area contributed by atoms with Gasteiger partial charge in [-0.1, -0.05) is 73.9 Å². The zero-order valence-electron chi connectivity index (χ0n) is 67.7. The molecule has 4 fully saturated rings. The topological polar surface area (TPSA) is 540 Å². The Labute approximate surface area is 663 Å². The lowest BCUT2D eigenvalue weighted by Gasteiger charge is -2.36. The van der Waals surface area contributed by atoms with Crippen molar-refractivity contribution >= 4 is 106 Å². The van der Waals surface area contributed by atoms with E-state index >= 15 is 24.0 Å². The predicted molar refractivity (Wildman–Crippen MR) is 406 cm³/mol. The van der Waals surface area contributed by atoms with Crippen molar-refractivity contribution in [3.05, 3.63) is 29.8 Å². The Morgan fingerprint density at radius 3 is 1.82 bits per heavy atom. The van der Waals surface area contributed by atoms with Gasteiger partial charge in [0.15, 0.2) is 18.0 Å². The third kappa shape index (κ3) is 26.9. The maximum Gasteiger partial charge on any atom is 0.329 e. The summed E-state index contributed by atoms with van der Waals surface area (Å²) in [7, 11) is 4.08. The molecule has 4 heterocycles. The monoisotopic (exact) mass is 1610 g/mol. The quantitative estimate of drug-likeness (QED) is 0.0220. The van der Waals surface area contributed by atoms with Gasteiger partial charge in [0, 0.05) is 59.3 Å². The second-order valence-corrected chi connectivity index (χ2v) is 31.2. The minimum absolute atomic E-state index is 0.00320. The van der Waals surface area contributed by atoms with Gasteiger partial charge in [0.05, 0.1) is 31.6 Å². The minimum Gasteiger partial charge on any atom is -0.497 e. The summed E-state index contributed by atoms with van der Waals surface area (Å²) in [6.07, 6.45) is -9.74. The summed E-state index contributed by atoms with van der Waals surface area (Å²) in [5.74, 6) is -19.5. The van der Waals surface area contributed by atoms with E-state index in [4.69, 9.17) is 36.1 Å². The smallest absolute Gasteiger partial charge is 0.329 e. The van der Waals surface area contributed by atoms with Crippen LogP contribution in [-0.2, 0) is 107 Å². The number of benzene rings is 1. The Balaban J connectivity index is 1.50. The summed E-state index contributed by atoms with van der Waals surface area (Å²) < 4.78 is 23.0. The molecule has 0 spiro atoms. The Bertz CT molecular complexity index is 3670. The second-order valence-electron chi connectivity index (χ2n) is 31.2. The number of rotatable bonds is 32. The van der Waals surface area contributed by atoms with Crippen LogP contribution in [0.2, 0.25) is 0 Å². The normalized spacial score (nSPS) is 24.6. The predicted octanol–water partition coefficient (Wildman–Crippen LogP) is -1.60. The minimum atomic E-state index is -1.93. The first-order valence-electron chi connectivity index (χ1n) is 39.1. The lowest BCUT2D eigenvalue weighted by atomic mass is 9.91. The van der Waals surface area contributed by atoms with E-state index in [-0.39, 0.29) is 83.2 Å². The third-order valence-electron chi connectivity index (χ3n) is 21.0. The number of likely N-dealkylation sites (N-methyl/N-ethyl adjacent to an activating group) is 2. The number of fused-ring (bicyclic) bond motifs is 1. The summed E-state index contributed by atoms with van der Waals surface area (Å²) in [4.78, 5) is 256. The van der Waals surface area contributed by atoms with Gasteiger partial charge in [0.2, 0.25) is 76.8 Å². The zero-order chi connectivity index (χ0) is 85.4. The number of likely N-dealkylation sites (tertiary alicyclic amines) is 1. The van der Waals surface area contributed by atoms with Crippen molar-refractivity contribution in [2.24, 2.45) is 46.8 Å². The van der Waals surface area contributed by atoms with E-state index in [1.54, 1.807) is 65.8 Å². The molecule has 4 aliphatic rings. The first kappa shape index (κ1) is 94.2. The average Bonchev–Trinajstić information content (AvgIpc) is 1.46. The summed E-state index contributed by atoms with van der Waals surface area (Å²) in [5, 5.41) is 29.8. The van der Waals surface area contributed by atoms with Crippen LogP contribution in [0.5, 0.6) is 5.75 Å². The van der Waals surface area contributed by atoms with Crippen LogP contribution in [0.1, 0.15) is 184 Å². The number of carbonyl (C=O) groups excluding carboxylic acids is 18. The number of carbonyl (C=O) groups is 18. The van der Waals surface area contributed by atoms with Crippen LogP contribution in [0, 0.1) is 29.6 Å². The number of aliphatic hydroxyl groups is 1. The van der Waals surface area contributed by atoms with Gasteiger partial charge in [0.25, 0.3) is 5.91 Å². The molecule has 634 valence electrons. The molecule has 14 N–H and O–H groups in total. The van der Waals surface area contributed by atoms with E-state index < -0.39 is 259 Å². The van der Waals surface area contributed by atoms with Gasteiger partial charge < -0.3 is 98.1 Å². The molecule has 5 rings (SSSR count). The van der Waals surface area contributed by atoms with Gasteiger partial charge in [-0.15, -0.1) is 0 Å². The van der Waals surface area contributed by atoms with Gasteiger partial charge in [0.1, 0.15) is 72.3 Å². The van der Waals surface area contributed by atoms with Crippen LogP contribution in [0.15, 0.2) is 24.3 Å². The lowest BCUT2D eigenvalue weighted by molar-refractivity contribution is -0.163. The summed E-state index contributed by atoms with van der Waals surface area (Å²) in [5.41, 5.74) is 16.7. The van der Waals surface area contributed by atoms with E-state index in [9.17, 15) is 67.4 Å². The molecule has 1 aromatic rings. The number of ketones is 1. The average molecular weight is 1610 g/mol. The number of nitrogens with two attached hydrogens (primary N) is 3. The summed E-state index contributed by atoms with van der Waals surface area (Å²) in [6.45, 7) is 17.3. The highest BCUT2D eigenvalue weighted by molar-refractivity contribution is 6.05. The number of hydrogen-bond acceptors (Lipinski definition) is 23. The molecule has 0 aliphatic carbocycles. The van der Waals surface area contributed by atoms with E-state index in [0.29, 0.717) is 17.7 Å². The number of amides is 14. The number of ether oxygens (including phenoxy) is 4. The highest BCUT2D eigenvalue weighted by Gasteiger charge is 2.47. The molecule has 0 unspecified atom stereocenters. The maximum absolute atomic E-state index is 15.4. The van der Waals surface area contributed by atoms with E-state index in [1.165, 1.54) is 40.0 Å². The number of aliphatic hydroxyl groups excluding tert-OH is 1. The Hall–Kier alpha value is -10.4. The number of primary amides is 3. The van der Waals surface area contributed by atoms with Crippen molar-refractivity contribution < 1.29 is 110 Å². The van der Waals surface area contributed by atoms with Gasteiger partial charge >= 0.3 is 17.9 Å². The van der Waals surface area contributed by atoms with Crippen LogP contribution < -0.4 is 59.2 Å². The molecule has 114 heavy (non-hydrogen) atoms. The number of nitrogens with one attached hydrogen (secondary N) is 7. The molecule has 0 saturated carbocycles. The number of cyclic esters (lactones) is 2. The number of Topliss-reactive ketones (excluding diaryl/α,β-unsaturated/α-hetero) is 1. The van der Waals surface area contributed by atoms with Crippen molar-refractivity contribution in [3.63, 3.8) is 0 Å². The third-order valence-corrected chi connectivity index (χ3v) is 21.0. The molecule has 4 saturated heterocycles. The first-order valence-corrected chi connectivity index (χ1v) is 39.1. The fraction of sp³-hybridized carbons (Fsp3) is 0.688. The zero-order valence-corrected chi connectivity index (χ0v) is 67.7. The van der Waals surface area contributed by atoms with Crippen LogP contribution in [0.4, 0.5) is 0 Å². The number of hydrogen-bond donors (Lipinski definition) is 11. The van der Waals surface area contributed by atoms with E-state index in [0.717, 1.165) is 21.6 Å². The largest absolute Gasteiger partial charge is 0.497 e. The molecule has 0 bridgehead atoms. The van der Waals surface area contributed by atoms with Crippen LogP contribution in [0.3, 0.4) is 0 Å². The molecule has 14 amide bonds. The molecule has 37 nitrogen and oxygen atoms in total. The molecule has 1 aromatic carbocycles. The molecular weight excluding hydrogens is 1490 g/mol. The highest BCUT2D eigenvalue weighted by atomic mass is 16.6. The summed E-state index contributed by atoms with van der Waals surface area (Å²) >= 11 is 0.